The highest BCUT2D eigenvalue weighted by Gasteiger charge is 2.46. The molecule has 36 heavy (non-hydrogen) atoms. The Morgan fingerprint density at radius 1 is 1.22 bits per heavy atom. The van der Waals surface area contributed by atoms with E-state index in [0.717, 1.165) is 4.90 Å². The van der Waals surface area contributed by atoms with Crippen molar-refractivity contribution in [3.05, 3.63) is 69.8 Å². The maximum atomic E-state index is 14.7. The van der Waals surface area contributed by atoms with E-state index in [4.69, 9.17) is 14.6 Å². The second-order valence-electron chi connectivity index (χ2n) is 8.34. The molecule has 3 N–H and O–H groups in total. The van der Waals surface area contributed by atoms with Gasteiger partial charge in [-0.2, -0.15) is 0 Å². The Morgan fingerprint density at radius 2 is 1.94 bits per heavy atom. The molecule has 9 nitrogen and oxygen atoms in total. The third kappa shape index (κ3) is 4.99. The number of hydrogen-bond donors (Lipinski definition) is 3. The molecule has 0 saturated carbocycles. The molecule has 3 atom stereocenters. The number of rotatable bonds is 9. The zero-order chi connectivity index (χ0) is 26.0. The van der Waals surface area contributed by atoms with Crippen LogP contribution in [0.25, 0.3) is 11.3 Å². The predicted molar refractivity (Wildman–Crippen MR) is 133 cm³/mol. The van der Waals surface area contributed by atoms with Gasteiger partial charge in [-0.25, -0.2) is 19.1 Å². The maximum Gasteiger partial charge on any atom is 0.325 e. The molecular formula is C25H26BrFN4O5. The van der Waals surface area contributed by atoms with Crippen molar-refractivity contribution in [1.29, 1.82) is 0 Å². The number of carbonyl (C=O) groups is 2. The minimum atomic E-state index is -0.907. The summed E-state index contributed by atoms with van der Waals surface area (Å²) in [7, 11) is 1.48. The number of benzene rings is 2. The van der Waals surface area contributed by atoms with Gasteiger partial charge in [-0.3, -0.25) is 4.79 Å². The Balaban J connectivity index is 1.66. The first kappa shape index (κ1) is 25.8. The van der Waals surface area contributed by atoms with Gasteiger partial charge in [0.25, 0.3) is 5.91 Å². The summed E-state index contributed by atoms with van der Waals surface area (Å²) in [4.78, 5) is 35.3. The Bertz CT molecular complexity index is 1270. The monoisotopic (exact) mass is 560 g/mol. The summed E-state index contributed by atoms with van der Waals surface area (Å²) in [5, 5.41) is 11.6. The molecule has 2 heterocycles. The molecule has 1 aliphatic rings. The standard InChI is InChI=1S/C25H26BrFN4O5/c1-13-20(18-9-6-16(26)12-19(18)27)29-23(28-13)22(14(2)35-3)31-24(33)21(30-25(31)34)15-4-7-17(8-5-15)36-11-10-32/h4-9,12,14,21-22,32H,10-11H2,1-3H3,(H,28,29)(H,30,34)/t14?,21-,22?/m1/s1. The third-order valence-corrected chi connectivity index (χ3v) is 6.50. The van der Waals surface area contributed by atoms with Gasteiger partial charge in [0.15, 0.2) is 0 Å². The second kappa shape index (κ2) is 10.8. The maximum absolute atomic E-state index is 14.7. The number of nitrogens with one attached hydrogen (secondary N) is 2. The zero-order valence-corrected chi connectivity index (χ0v) is 21.5. The fraction of sp³-hybridized carbons (Fsp3) is 0.320. The van der Waals surface area contributed by atoms with E-state index >= 15 is 0 Å². The summed E-state index contributed by atoms with van der Waals surface area (Å²) < 4.78 is 26.1. The van der Waals surface area contributed by atoms with Crippen LogP contribution >= 0.6 is 15.9 Å². The number of ether oxygens (including phenoxy) is 2. The number of carbonyl (C=O) groups excluding carboxylic acids is 2. The van der Waals surface area contributed by atoms with E-state index in [9.17, 15) is 14.0 Å². The van der Waals surface area contributed by atoms with Crippen LogP contribution in [0.2, 0.25) is 0 Å². The molecule has 0 radical (unpaired) electrons. The van der Waals surface area contributed by atoms with Crippen molar-refractivity contribution in [3.8, 4) is 17.0 Å². The number of aryl methyl sites for hydroxylation is 1. The van der Waals surface area contributed by atoms with Crippen LogP contribution in [0.4, 0.5) is 9.18 Å². The minimum Gasteiger partial charge on any atom is -0.491 e. The lowest BCUT2D eigenvalue weighted by atomic mass is 10.1. The van der Waals surface area contributed by atoms with E-state index in [0.29, 0.717) is 38.6 Å². The number of imidazole rings is 1. The van der Waals surface area contributed by atoms with Crippen LogP contribution < -0.4 is 10.1 Å². The van der Waals surface area contributed by atoms with Gasteiger partial charge in [-0.1, -0.05) is 28.1 Å². The molecule has 2 unspecified atom stereocenters. The van der Waals surface area contributed by atoms with Crippen LogP contribution in [0.5, 0.6) is 5.75 Å². The normalized spacial score (nSPS) is 17.3. The summed E-state index contributed by atoms with van der Waals surface area (Å²) in [6, 6.07) is 8.97. The number of aromatic nitrogens is 2. The van der Waals surface area contributed by atoms with Crippen LogP contribution in [-0.4, -0.2) is 58.3 Å². The lowest BCUT2D eigenvalue weighted by Crippen LogP contribution is -2.41. The summed E-state index contributed by atoms with van der Waals surface area (Å²) in [6.45, 7) is 3.51. The molecule has 3 aromatic rings. The highest BCUT2D eigenvalue weighted by molar-refractivity contribution is 9.10. The summed E-state index contributed by atoms with van der Waals surface area (Å²) in [5.74, 6) is -0.0890. The number of amides is 3. The zero-order valence-electron chi connectivity index (χ0n) is 19.9. The van der Waals surface area contributed by atoms with E-state index in [-0.39, 0.29) is 13.2 Å². The summed E-state index contributed by atoms with van der Waals surface area (Å²) >= 11 is 3.25. The molecule has 0 spiro atoms. The number of aliphatic hydroxyl groups is 1. The Kier molecular flexibility index (Phi) is 7.72. The van der Waals surface area contributed by atoms with Gasteiger partial charge in [-0.05, 0) is 49.7 Å². The van der Waals surface area contributed by atoms with Gasteiger partial charge < -0.3 is 24.9 Å². The molecule has 0 aliphatic carbocycles. The molecule has 4 rings (SSSR count). The number of imide groups is 1. The van der Waals surface area contributed by atoms with Crippen LogP contribution in [-0.2, 0) is 9.53 Å². The summed E-state index contributed by atoms with van der Waals surface area (Å²) in [6.07, 6.45) is -0.610. The number of aliphatic hydroxyl groups excluding tert-OH is 1. The SMILES string of the molecule is COC(C)C(c1nc(-c2ccc(Br)cc2F)c(C)[nH]1)N1C(=O)N[C@H](c2ccc(OCCO)cc2)C1=O. The smallest absolute Gasteiger partial charge is 0.325 e. The Labute approximate surface area is 215 Å². The number of methoxy groups -OCH3 is 1. The number of urea groups is 1. The quantitative estimate of drug-likeness (QED) is 0.340. The predicted octanol–water partition coefficient (Wildman–Crippen LogP) is 4.03. The fourth-order valence-electron chi connectivity index (χ4n) is 4.15. The van der Waals surface area contributed by atoms with E-state index < -0.39 is 35.9 Å². The van der Waals surface area contributed by atoms with Crippen molar-refractivity contribution < 1.29 is 28.6 Å². The van der Waals surface area contributed by atoms with Gasteiger partial charge in [0.1, 0.15) is 36.1 Å². The molecule has 1 aromatic heterocycles. The van der Waals surface area contributed by atoms with Crippen molar-refractivity contribution in [2.45, 2.75) is 32.0 Å². The van der Waals surface area contributed by atoms with Crippen molar-refractivity contribution in [1.82, 2.24) is 20.2 Å². The Morgan fingerprint density at radius 3 is 2.58 bits per heavy atom. The van der Waals surface area contributed by atoms with E-state index in [1.165, 1.54) is 13.2 Å². The number of hydrogen-bond acceptors (Lipinski definition) is 6. The fourth-order valence-corrected chi connectivity index (χ4v) is 4.49. The first-order chi connectivity index (χ1) is 17.2. The van der Waals surface area contributed by atoms with Crippen LogP contribution in [0, 0.1) is 12.7 Å². The average molecular weight is 561 g/mol. The minimum absolute atomic E-state index is 0.116. The number of H-pyrrole nitrogens is 1. The lowest BCUT2D eigenvalue weighted by molar-refractivity contribution is -0.131. The van der Waals surface area contributed by atoms with Gasteiger partial charge >= 0.3 is 6.03 Å². The largest absolute Gasteiger partial charge is 0.491 e. The topological polar surface area (TPSA) is 117 Å². The molecule has 1 aliphatic heterocycles. The first-order valence-corrected chi connectivity index (χ1v) is 12.1. The van der Waals surface area contributed by atoms with Crippen molar-refractivity contribution in [2.75, 3.05) is 20.3 Å². The van der Waals surface area contributed by atoms with Crippen molar-refractivity contribution >= 4 is 27.9 Å². The van der Waals surface area contributed by atoms with Crippen LogP contribution in [0.15, 0.2) is 46.9 Å². The molecule has 2 aromatic carbocycles. The first-order valence-electron chi connectivity index (χ1n) is 11.3. The Hall–Kier alpha value is -3.28. The van der Waals surface area contributed by atoms with E-state index in [1.54, 1.807) is 50.2 Å². The number of aromatic amines is 1. The third-order valence-electron chi connectivity index (χ3n) is 6.01. The molecule has 11 heteroatoms. The van der Waals surface area contributed by atoms with Gasteiger partial charge in [0.05, 0.1) is 18.4 Å². The molecule has 1 fully saturated rings. The van der Waals surface area contributed by atoms with E-state index in [2.05, 4.69) is 31.2 Å². The summed E-state index contributed by atoms with van der Waals surface area (Å²) in [5.41, 5.74) is 1.83. The van der Waals surface area contributed by atoms with Crippen molar-refractivity contribution in [3.63, 3.8) is 0 Å². The highest BCUT2D eigenvalue weighted by Crippen LogP contribution is 2.35. The van der Waals surface area contributed by atoms with Crippen LogP contribution in [0.1, 0.15) is 36.1 Å². The van der Waals surface area contributed by atoms with Gasteiger partial charge in [-0.15, -0.1) is 0 Å². The van der Waals surface area contributed by atoms with Gasteiger partial charge in [0.2, 0.25) is 0 Å². The molecule has 0 bridgehead atoms. The number of nitrogens with zero attached hydrogens (tertiary/aromatic N) is 2. The molecular weight excluding hydrogens is 535 g/mol. The molecule has 190 valence electrons. The second-order valence-corrected chi connectivity index (χ2v) is 9.25. The highest BCUT2D eigenvalue weighted by atomic mass is 79.9. The van der Waals surface area contributed by atoms with E-state index in [1.807, 2.05) is 0 Å². The average Bonchev–Trinajstić information content (AvgIpc) is 3.37. The number of halogens is 2. The van der Waals surface area contributed by atoms with Crippen molar-refractivity contribution in [2.24, 2.45) is 0 Å². The molecule has 1 saturated heterocycles. The van der Waals surface area contributed by atoms with Gasteiger partial charge in [0, 0.05) is 22.8 Å². The molecule has 3 amide bonds. The van der Waals surface area contributed by atoms with Crippen LogP contribution in [0.3, 0.4) is 0 Å². The lowest BCUT2D eigenvalue weighted by Gasteiger charge is -2.28.